The number of nitrogens with zero attached hydrogens (tertiary/aromatic N) is 1. The number of hydrogen-bond acceptors (Lipinski definition) is 9. The minimum Gasteiger partial charge on any atom is -0.444 e. The van der Waals surface area contributed by atoms with Crippen LogP contribution in [0.25, 0.3) is 0 Å². The number of amides is 3. The van der Waals surface area contributed by atoms with Gasteiger partial charge in [-0.05, 0) is 20.8 Å². The third kappa shape index (κ3) is 32.9. The Morgan fingerprint density at radius 2 is 1.14 bits per heavy atom. The second-order valence-electron chi connectivity index (χ2n) is 8.00. The van der Waals surface area contributed by atoms with Gasteiger partial charge in [0, 0.05) is 13.1 Å². The molecule has 0 saturated carbocycles. The van der Waals surface area contributed by atoms with Crippen LogP contribution in [0.1, 0.15) is 20.8 Å². The van der Waals surface area contributed by atoms with Gasteiger partial charge in [-0.25, -0.2) is 9.59 Å². The van der Waals surface area contributed by atoms with E-state index >= 15 is 0 Å². The Labute approximate surface area is 236 Å². The summed E-state index contributed by atoms with van der Waals surface area (Å²) in [7, 11) is 0. The van der Waals surface area contributed by atoms with Crippen molar-refractivity contribution in [3.63, 3.8) is 0 Å². The number of nitrogens with one attached hydrogen (secondary N) is 2. The molecule has 0 aromatic carbocycles. The van der Waals surface area contributed by atoms with Gasteiger partial charge in [-0.2, -0.15) is 0 Å². The van der Waals surface area contributed by atoms with Crippen molar-refractivity contribution in [2.24, 2.45) is 5.73 Å². The van der Waals surface area contributed by atoms with Gasteiger partial charge in [0.25, 0.3) is 0 Å². The Morgan fingerprint density at radius 1 is 0.730 bits per heavy atom. The zero-order valence-electron chi connectivity index (χ0n) is 23.5. The van der Waals surface area contributed by atoms with E-state index in [0.717, 1.165) is 0 Å². The third-order valence-electron chi connectivity index (χ3n) is 3.77. The summed E-state index contributed by atoms with van der Waals surface area (Å²) in [5.74, 6) is 0. The second kappa shape index (κ2) is 29.5. The number of carbonyl (C=O) groups is 2. The van der Waals surface area contributed by atoms with Crippen LogP contribution >= 0.6 is 0 Å². The molecule has 0 saturated heterocycles. The first-order valence-electron chi connectivity index (χ1n) is 12.2. The van der Waals surface area contributed by atoms with E-state index in [4.69, 9.17) is 34.2 Å². The van der Waals surface area contributed by atoms with Gasteiger partial charge in [-0.1, -0.05) is 0 Å². The molecule has 0 aliphatic carbocycles. The standard InChI is InChI=1S/C17H35N3O6.C7H14NO2.Li/c1-3-20(4-2)17(21)19-6-8-23-10-12-25-14-16-26-15-13-24-11-9-22-7-5-18;1-5-8-6(9)10-7(2,3)4;/h1-16,18H2,(H,19,21);1,5H2,2-4H3,(H,8,9);/q-2;-1;+1. The molecule has 0 atom stereocenters. The topological polar surface area (TPSA) is 143 Å². The Hall–Kier alpha value is -1.10. The first-order valence-corrected chi connectivity index (χ1v) is 12.2. The van der Waals surface area contributed by atoms with Gasteiger partial charge in [-0.15, -0.1) is 19.6 Å². The van der Waals surface area contributed by atoms with Crippen LogP contribution in [-0.2, 0) is 28.4 Å². The van der Waals surface area contributed by atoms with Crippen molar-refractivity contribution in [3.05, 3.63) is 20.8 Å². The normalized spacial score (nSPS) is 10.6. The summed E-state index contributed by atoms with van der Waals surface area (Å²) >= 11 is 0. The molecule has 0 heterocycles. The van der Waals surface area contributed by atoms with Crippen LogP contribution in [0.3, 0.4) is 0 Å². The van der Waals surface area contributed by atoms with E-state index in [1.807, 2.05) is 20.8 Å². The van der Waals surface area contributed by atoms with Crippen LogP contribution in [0.4, 0.5) is 9.59 Å². The molecule has 0 unspecified atom stereocenters. The van der Waals surface area contributed by atoms with Gasteiger partial charge in [0.15, 0.2) is 0 Å². The fourth-order valence-corrected chi connectivity index (χ4v) is 2.14. The van der Waals surface area contributed by atoms with Crippen LogP contribution in [0.2, 0.25) is 0 Å². The van der Waals surface area contributed by atoms with Crippen LogP contribution < -0.4 is 35.2 Å². The Kier molecular flexibility index (Phi) is 32.2. The van der Waals surface area contributed by atoms with Crippen molar-refractivity contribution in [1.29, 1.82) is 0 Å². The van der Waals surface area contributed by atoms with E-state index in [1.54, 1.807) is 0 Å². The fraction of sp³-hybridized carbons (Fsp3) is 0.792. The smallest absolute Gasteiger partial charge is 0.444 e. The van der Waals surface area contributed by atoms with Gasteiger partial charge < -0.3 is 70.5 Å². The number of ether oxygens (including phenoxy) is 6. The number of alkyl carbamates (subject to hydrolysis) is 1. The molecule has 0 rings (SSSR count). The van der Waals surface area contributed by atoms with Crippen molar-refractivity contribution < 1.29 is 56.9 Å². The predicted octanol–water partition coefficient (Wildman–Crippen LogP) is -1.94. The van der Waals surface area contributed by atoms with Crippen molar-refractivity contribution in [2.75, 3.05) is 98.8 Å². The number of nitrogens with two attached hydrogens (primary N) is 1. The van der Waals surface area contributed by atoms with Gasteiger partial charge >= 0.3 is 31.0 Å². The molecule has 12 nitrogen and oxygen atoms in total. The molecule has 0 aromatic rings. The van der Waals surface area contributed by atoms with E-state index in [0.29, 0.717) is 98.8 Å². The monoisotopic (exact) mass is 528 g/mol. The molecular formula is C24H49LiN4O8-2. The van der Waals surface area contributed by atoms with E-state index < -0.39 is 11.7 Å². The third-order valence-corrected chi connectivity index (χ3v) is 3.77. The molecule has 0 aliphatic rings. The summed E-state index contributed by atoms with van der Waals surface area (Å²) in [4.78, 5) is 23.8. The van der Waals surface area contributed by atoms with E-state index in [1.165, 1.54) is 4.90 Å². The molecule has 0 fully saturated rings. The van der Waals surface area contributed by atoms with Crippen LogP contribution in [0.15, 0.2) is 0 Å². The maximum Gasteiger partial charge on any atom is 1.00 e. The second-order valence-corrected chi connectivity index (χ2v) is 8.00. The van der Waals surface area contributed by atoms with Crippen LogP contribution in [0.5, 0.6) is 0 Å². The van der Waals surface area contributed by atoms with Crippen LogP contribution in [0, 0.1) is 20.8 Å². The summed E-state index contributed by atoms with van der Waals surface area (Å²) in [5, 5.41) is 5.16. The Bertz CT molecular complexity index is 510. The SMILES string of the molecule is [CH2-]CN(C[CH2-])C(=O)NCCOCCOCCOCCOCCOCCN.[CH2-]CNC(=O)OC(C)(C)C.[Li+]. The van der Waals surface area contributed by atoms with Gasteiger partial charge in [0.05, 0.1) is 66.1 Å². The van der Waals surface area contributed by atoms with Crippen molar-refractivity contribution in [2.45, 2.75) is 26.4 Å². The van der Waals surface area contributed by atoms with Crippen molar-refractivity contribution >= 4 is 12.1 Å². The molecule has 3 amide bonds. The van der Waals surface area contributed by atoms with Gasteiger partial charge in [0.1, 0.15) is 5.60 Å². The van der Waals surface area contributed by atoms with E-state index in [9.17, 15) is 9.59 Å². The molecule has 0 aromatic heterocycles. The summed E-state index contributed by atoms with van der Waals surface area (Å²) in [6, 6.07) is -0.181. The first-order chi connectivity index (χ1) is 17.2. The summed E-state index contributed by atoms with van der Waals surface area (Å²) < 4.78 is 31.5. The molecule has 4 N–H and O–H groups in total. The van der Waals surface area contributed by atoms with Gasteiger partial charge in [-0.3, -0.25) is 0 Å². The maximum absolute atomic E-state index is 11.6. The molecule has 0 spiro atoms. The molecule has 37 heavy (non-hydrogen) atoms. The fourth-order valence-electron chi connectivity index (χ4n) is 2.14. The molecule has 13 heteroatoms. The quantitative estimate of drug-likeness (QED) is 0.0934. The van der Waals surface area contributed by atoms with Crippen LogP contribution in [-0.4, -0.2) is 121 Å². The summed E-state index contributed by atoms with van der Waals surface area (Å²) in [6.07, 6.45) is -0.414. The largest absolute Gasteiger partial charge is 1.00 e. The molecule has 0 radical (unpaired) electrons. The van der Waals surface area contributed by atoms with Crippen molar-refractivity contribution in [1.82, 2.24) is 15.5 Å². The zero-order valence-corrected chi connectivity index (χ0v) is 23.5. The zero-order chi connectivity index (χ0) is 27.5. The average Bonchev–Trinajstić information content (AvgIpc) is 2.81. The number of carbonyl (C=O) groups excluding carboxylic acids is 2. The maximum atomic E-state index is 11.6. The number of hydrogen-bond donors (Lipinski definition) is 3. The predicted molar refractivity (Wildman–Crippen MR) is 138 cm³/mol. The van der Waals surface area contributed by atoms with E-state index in [2.05, 4.69) is 31.4 Å². The first kappa shape index (κ1) is 40.4. The van der Waals surface area contributed by atoms with E-state index in [-0.39, 0.29) is 24.9 Å². The molecule has 0 aliphatic heterocycles. The minimum absolute atomic E-state index is 0. The number of urea groups is 1. The molecular weight excluding hydrogens is 479 g/mol. The summed E-state index contributed by atoms with van der Waals surface area (Å²) in [5.41, 5.74) is 4.88. The summed E-state index contributed by atoms with van der Waals surface area (Å²) in [6.45, 7) is 23.4. The van der Waals surface area contributed by atoms with Gasteiger partial charge in [0.2, 0.25) is 0 Å². The number of rotatable bonds is 20. The Balaban J connectivity index is -0.000000886. The minimum atomic E-state index is -0.417. The molecule has 0 bridgehead atoms. The Morgan fingerprint density at radius 3 is 1.49 bits per heavy atom. The average molecular weight is 529 g/mol. The van der Waals surface area contributed by atoms with Crippen molar-refractivity contribution in [3.8, 4) is 0 Å². The molecule has 216 valence electrons.